The van der Waals surface area contributed by atoms with Gasteiger partial charge in [-0.2, -0.15) is 0 Å². The molecule has 0 bridgehead atoms. The van der Waals surface area contributed by atoms with E-state index in [1.165, 1.54) is 12.1 Å². The lowest BCUT2D eigenvalue weighted by atomic mass is 10.0. The second kappa shape index (κ2) is 7.90. The summed E-state index contributed by atoms with van der Waals surface area (Å²) in [5.41, 5.74) is 3.81. The predicted molar refractivity (Wildman–Crippen MR) is 112 cm³/mol. The van der Waals surface area contributed by atoms with Crippen molar-refractivity contribution in [2.75, 3.05) is 0 Å². The second-order valence-corrected chi connectivity index (χ2v) is 7.31. The number of benzene rings is 3. The third-order valence-electron chi connectivity index (χ3n) is 4.45. The summed E-state index contributed by atoms with van der Waals surface area (Å²) in [5, 5.41) is 3.69. The standard InChI is InChI=1S/C23H16BrFN2O/c24-17-8-11-21-19(12-17)20(13-22(27-21)16-4-2-1-3-5-16)23(28)26-14-15-6-9-18(25)10-7-15/h1-13H,14H2,(H,26,28). The monoisotopic (exact) mass is 434 g/mol. The minimum Gasteiger partial charge on any atom is -0.348 e. The highest BCUT2D eigenvalue weighted by Gasteiger charge is 2.14. The number of nitrogens with zero attached hydrogens (tertiary/aromatic N) is 1. The predicted octanol–water partition coefficient (Wildman–Crippen LogP) is 5.73. The van der Waals surface area contributed by atoms with Gasteiger partial charge in [0.1, 0.15) is 5.82 Å². The number of carbonyl (C=O) groups excluding carboxylic acids is 1. The largest absolute Gasteiger partial charge is 0.348 e. The van der Waals surface area contributed by atoms with E-state index in [9.17, 15) is 9.18 Å². The fraction of sp³-hybridized carbons (Fsp3) is 0.0435. The van der Waals surface area contributed by atoms with Crippen molar-refractivity contribution in [1.29, 1.82) is 0 Å². The first-order valence-electron chi connectivity index (χ1n) is 8.78. The van der Waals surface area contributed by atoms with E-state index in [1.807, 2.05) is 54.6 Å². The lowest BCUT2D eigenvalue weighted by Crippen LogP contribution is -2.23. The molecule has 0 atom stereocenters. The van der Waals surface area contributed by atoms with Gasteiger partial charge in [0.05, 0.1) is 16.8 Å². The van der Waals surface area contributed by atoms with Gasteiger partial charge in [0.25, 0.3) is 5.91 Å². The van der Waals surface area contributed by atoms with Crippen LogP contribution in [-0.4, -0.2) is 10.9 Å². The Morgan fingerprint density at radius 3 is 2.46 bits per heavy atom. The molecular formula is C23H16BrFN2O. The molecule has 1 aromatic heterocycles. The number of hydrogen-bond acceptors (Lipinski definition) is 2. The third-order valence-corrected chi connectivity index (χ3v) is 4.94. The molecule has 1 heterocycles. The number of fused-ring (bicyclic) bond motifs is 1. The summed E-state index contributed by atoms with van der Waals surface area (Å²) in [6, 6.07) is 23.3. The van der Waals surface area contributed by atoms with Crippen molar-refractivity contribution >= 4 is 32.7 Å². The van der Waals surface area contributed by atoms with Crippen LogP contribution in [0, 0.1) is 5.82 Å². The third kappa shape index (κ3) is 3.94. The number of rotatable bonds is 4. The minimum absolute atomic E-state index is 0.202. The normalized spacial score (nSPS) is 10.8. The first-order valence-corrected chi connectivity index (χ1v) is 9.58. The van der Waals surface area contributed by atoms with Crippen molar-refractivity contribution < 1.29 is 9.18 Å². The van der Waals surface area contributed by atoms with Gasteiger partial charge < -0.3 is 5.32 Å². The summed E-state index contributed by atoms with van der Waals surface area (Å²) in [6.45, 7) is 0.317. The van der Waals surface area contributed by atoms with Crippen LogP contribution in [0.5, 0.6) is 0 Å². The SMILES string of the molecule is O=C(NCc1ccc(F)cc1)c1cc(-c2ccccc2)nc2ccc(Br)cc12. The smallest absolute Gasteiger partial charge is 0.252 e. The Hall–Kier alpha value is -3.05. The topological polar surface area (TPSA) is 42.0 Å². The molecule has 3 aromatic carbocycles. The molecule has 1 amide bonds. The molecule has 138 valence electrons. The molecule has 0 aliphatic carbocycles. The average Bonchev–Trinajstić information content (AvgIpc) is 2.73. The van der Waals surface area contributed by atoms with Gasteiger partial charge >= 0.3 is 0 Å². The van der Waals surface area contributed by atoms with Crippen LogP contribution in [0.3, 0.4) is 0 Å². The maximum atomic E-state index is 13.1. The molecule has 3 nitrogen and oxygen atoms in total. The van der Waals surface area contributed by atoms with Crippen LogP contribution in [0.4, 0.5) is 4.39 Å². The highest BCUT2D eigenvalue weighted by molar-refractivity contribution is 9.10. The van der Waals surface area contributed by atoms with Gasteiger partial charge in [0, 0.05) is 22.0 Å². The molecule has 4 rings (SSSR count). The molecule has 4 aromatic rings. The number of hydrogen-bond donors (Lipinski definition) is 1. The summed E-state index contributed by atoms with van der Waals surface area (Å²) in [4.78, 5) is 17.7. The Bertz CT molecular complexity index is 1140. The minimum atomic E-state index is -0.299. The van der Waals surface area contributed by atoms with Crippen LogP contribution in [-0.2, 0) is 6.54 Å². The number of carbonyl (C=O) groups is 1. The molecule has 0 fully saturated rings. The molecule has 0 radical (unpaired) electrons. The fourth-order valence-corrected chi connectivity index (χ4v) is 3.38. The molecule has 28 heavy (non-hydrogen) atoms. The lowest BCUT2D eigenvalue weighted by Gasteiger charge is -2.11. The van der Waals surface area contributed by atoms with E-state index >= 15 is 0 Å². The number of amides is 1. The van der Waals surface area contributed by atoms with Crippen molar-refractivity contribution in [2.45, 2.75) is 6.54 Å². The number of aromatic nitrogens is 1. The molecule has 0 saturated heterocycles. The molecule has 0 aliphatic heterocycles. The van der Waals surface area contributed by atoms with E-state index in [2.05, 4.69) is 21.2 Å². The summed E-state index contributed by atoms with van der Waals surface area (Å²) >= 11 is 3.47. The Balaban J connectivity index is 1.72. The Morgan fingerprint density at radius 1 is 0.964 bits per heavy atom. The van der Waals surface area contributed by atoms with Crippen LogP contribution in [0.1, 0.15) is 15.9 Å². The zero-order valence-corrected chi connectivity index (χ0v) is 16.4. The van der Waals surface area contributed by atoms with Crippen molar-refractivity contribution in [3.63, 3.8) is 0 Å². The number of pyridine rings is 1. The Morgan fingerprint density at radius 2 is 1.71 bits per heavy atom. The molecule has 5 heteroatoms. The highest BCUT2D eigenvalue weighted by Crippen LogP contribution is 2.27. The van der Waals surface area contributed by atoms with Gasteiger partial charge in [-0.05, 0) is 42.0 Å². The van der Waals surface area contributed by atoms with Gasteiger partial charge in [-0.15, -0.1) is 0 Å². The fourth-order valence-electron chi connectivity index (χ4n) is 3.02. The van der Waals surface area contributed by atoms with Crippen molar-refractivity contribution in [1.82, 2.24) is 10.3 Å². The summed E-state index contributed by atoms with van der Waals surface area (Å²) < 4.78 is 13.9. The van der Waals surface area contributed by atoms with Crippen LogP contribution in [0.15, 0.2) is 83.3 Å². The van der Waals surface area contributed by atoms with Gasteiger partial charge in [-0.3, -0.25) is 4.79 Å². The highest BCUT2D eigenvalue weighted by atomic mass is 79.9. The zero-order chi connectivity index (χ0) is 19.5. The maximum absolute atomic E-state index is 13.1. The van der Waals surface area contributed by atoms with Gasteiger partial charge in [0.2, 0.25) is 0 Å². The summed E-state index contributed by atoms with van der Waals surface area (Å²) in [5.74, 6) is -0.500. The van der Waals surface area contributed by atoms with E-state index < -0.39 is 0 Å². The first kappa shape index (κ1) is 18.3. The number of halogens is 2. The molecule has 0 aliphatic rings. The van der Waals surface area contributed by atoms with E-state index in [4.69, 9.17) is 4.98 Å². The maximum Gasteiger partial charge on any atom is 0.252 e. The van der Waals surface area contributed by atoms with Crippen LogP contribution in [0.25, 0.3) is 22.2 Å². The number of nitrogens with one attached hydrogen (secondary N) is 1. The molecule has 0 saturated carbocycles. The van der Waals surface area contributed by atoms with E-state index in [0.29, 0.717) is 12.1 Å². The zero-order valence-electron chi connectivity index (χ0n) is 14.8. The van der Waals surface area contributed by atoms with Crippen molar-refractivity contribution in [3.05, 3.63) is 100 Å². The van der Waals surface area contributed by atoms with E-state index in [-0.39, 0.29) is 11.7 Å². The first-order chi connectivity index (χ1) is 13.6. The Kier molecular flexibility index (Phi) is 5.17. The van der Waals surface area contributed by atoms with Crippen LogP contribution in [0.2, 0.25) is 0 Å². The van der Waals surface area contributed by atoms with Crippen LogP contribution >= 0.6 is 15.9 Å². The van der Waals surface area contributed by atoms with E-state index in [0.717, 1.165) is 32.2 Å². The van der Waals surface area contributed by atoms with Crippen molar-refractivity contribution in [2.24, 2.45) is 0 Å². The van der Waals surface area contributed by atoms with Gasteiger partial charge in [0.15, 0.2) is 0 Å². The molecule has 0 spiro atoms. The summed E-state index contributed by atoms with van der Waals surface area (Å²) in [6.07, 6.45) is 0. The van der Waals surface area contributed by atoms with Crippen LogP contribution < -0.4 is 5.32 Å². The lowest BCUT2D eigenvalue weighted by molar-refractivity contribution is 0.0952. The molecule has 0 unspecified atom stereocenters. The molecular weight excluding hydrogens is 419 g/mol. The average molecular weight is 435 g/mol. The summed E-state index contributed by atoms with van der Waals surface area (Å²) in [7, 11) is 0. The van der Waals surface area contributed by atoms with Gasteiger partial charge in [-0.1, -0.05) is 58.4 Å². The second-order valence-electron chi connectivity index (χ2n) is 6.39. The quantitative estimate of drug-likeness (QED) is 0.445. The Labute approximate surface area is 170 Å². The molecule has 1 N–H and O–H groups in total. The van der Waals surface area contributed by atoms with Crippen molar-refractivity contribution in [3.8, 4) is 11.3 Å². The van der Waals surface area contributed by atoms with Gasteiger partial charge in [-0.25, -0.2) is 9.37 Å². The van der Waals surface area contributed by atoms with E-state index in [1.54, 1.807) is 12.1 Å².